The lowest BCUT2D eigenvalue weighted by Gasteiger charge is -2.52. The standard InChI is InChI=1S/C23H22ClF4N3O4/c24-16-3-1-14(11-17(16)25)34-13-19(32)31-22-8-5-21(6-9-22,7-10-22)20(33)30-18-4-2-15(12-29-18)35-23(26,27)28/h1-4,11-12H,5-10,13H2,(H,31,32)(H,29,30,33). The Labute approximate surface area is 203 Å². The fourth-order valence-corrected chi connectivity index (χ4v) is 4.78. The normalized spacial score (nSPS) is 23.5. The molecule has 0 aliphatic heterocycles. The molecule has 2 aromatic rings. The Bertz CT molecular complexity index is 1090. The van der Waals surface area contributed by atoms with Gasteiger partial charge in [0.25, 0.3) is 5.91 Å². The maximum absolute atomic E-state index is 13.5. The molecule has 3 saturated carbocycles. The predicted molar refractivity (Wildman–Crippen MR) is 117 cm³/mol. The van der Waals surface area contributed by atoms with Crippen LogP contribution in [0.2, 0.25) is 5.02 Å². The number of carbonyl (C=O) groups excluding carboxylic acids is 2. The van der Waals surface area contributed by atoms with Gasteiger partial charge in [-0.15, -0.1) is 13.2 Å². The summed E-state index contributed by atoms with van der Waals surface area (Å²) in [5.41, 5.74) is -1.07. The van der Waals surface area contributed by atoms with Crippen molar-refractivity contribution in [3.05, 3.63) is 47.4 Å². The largest absolute Gasteiger partial charge is 0.573 e. The Morgan fingerprint density at radius 2 is 1.69 bits per heavy atom. The Morgan fingerprint density at radius 1 is 1.03 bits per heavy atom. The second-order valence-electron chi connectivity index (χ2n) is 8.85. The van der Waals surface area contributed by atoms with Gasteiger partial charge < -0.3 is 20.1 Å². The van der Waals surface area contributed by atoms with Gasteiger partial charge in [-0.1, -0.05) is 11.6 Å². The molecule has 0 radical (unpaired) electrons. The maximum atomic E-state index is 13.5. The molecule has 3 aliphatic carbocycles. The van der Waals surface area contributed by atoms with E-state index in [0.29, 0.717) is 38.5 Å². The van der Waals surface area contributed by atoms with E-state index in [9.17, 15) is 27.2 Å². The Kier molecular flexibility index (Phi) is 6.81. The highest BCUT2D eigenvalue weighted by Gasteiger charge is 2.53. The van der Waals surface area contributed by atoms with Gasteiger partial charge in [-0.2, -0.15) is 0 Å². The lowest BCUT2D eigenvalue weighted by atomic mass is 9.57. The van der Waals surface area contributed by atoms with Gasteiger partial charge >= 0.3 is 6.36 Å². The number of amides is 2. The van der Waals surface area contributed by atoms with E-state index in [1.165, 1.54) is 18.2 Å². The van der Waals surface area contributed by atoms with Gasteiger partial charge in [0.05, 0.1) is 11.2 Å². The summed E-state index contributed by atoms with van der Waals surface area (Å²) in [6, 6.07) is 6.25. The number of aromatic nitrogens is 1. The van der Waals surface area contributed by atoms with Crippen LogP contribution in [0.1, 0.15) is 38.5 Å². The number of anilines is 1. The molecule has 2 amide bonds. The minimum atomic E-state index is -4.82. The van der Waals surface area contributed by atoms with Crippen LogP contribution in [0.3, 0.4) is 0 Å². The third kappa shape index (κ3) is 5.95. The summed E-state index contributed by atoms with van der Waals surface area (Å²) < 4.78 is 59.5. The van der Waals surface area contributed by atoms with Crippen LogP contribution in [0.5, 0.6) is 11.5 Å². The van der Waals surface area contributed by atoms with E-state index in [1.807, 2.05) is 0 Å². The fourth-order valence-electron chi connectivity index (χ4n) is 4.66. The molecule has 7 nitrogen and oxygen atoms in total. The zero-order valence-electron chi connectivity index (χ0n) is 18.4. The number of hydrogen-bond acceptors (Lipinski definition) is 5. The van der Waals surface area contributed by atoms with Crippen molar-refractivity contribution >= 4 is 29.2 Å². The molecule has 0 spiro atoms. The zero-order valence-corrected chi connectivity index (χ0v) is 19.1. The molecule has 1 aromatic heterocycles. The SMILES string of the molecule is O=C(COc1ccc(Cl)c(F)c1)NC12CCC(C(=O)Nc3ccc(OC(F)(F)F)cn3)(CC1)CC2. The molecular formula is C23H22ClF4N3O4. The first-order chi connectivity index (χ1) is 16.5. The number of pyridine rings is 1. The lowest BCUT2D eigenvalue weighted by Crippen LogP contribution is -2.59. The average molecular weight is 516 g/mol. The third-order valence-corrected chi connectivity index (χ3v) is 6.91. The van der Waals surface area contributed by atoms with E-state index in [4.69, 9.17) is 16.3 Å². The van der Waals surface area contributed by atoms with Crippen LogP contribution >= 0.6 is 11.6 Å². The summed E-state index contributed by atoms with van der Waals surface area (Å²) >= 11 is 5.64. The van der Waals surface area contributed by atoms with Crippen molar-refractivity contribution in [3.63, 3.8) is 0 Å². The molecular weight excluding hydrogens is 494 g/mol. The van der Waals surface area contributed by atoms with E-state index >= 15 is 0 Å². The van der Waals surface area contributed by atoms with Gasteiger partial charge in [0.2, 0.25) is 5.91 Å². The third-order valence-electron chi connectivity index (χ3n) is 6.61. The van der Waals surface area contributed by atoms with Crippen LogP contribution < -0.4 is 20.1 Å². The van der Waals surface area contributed by atoms with Crippen LogP contribution in [0.4, 0.5) is 23.4 Å². The van der Waals surface area contributed by atoms with Crippen molar-refractivity contribution < 1.29 is 36.6 Å². The number of halogens is 5. The van der Waals surface area contributed by atoms with Crippen molar-refractivity contribution in [2.75, 3.05) is 11.9 Å². The number of nitrogens with zero attached hydrogens (tertiary/aromatic N) is 1. The van der Waals surface area contributed by atoms with Crippen molar-refractivity contribution in [1.82, 2.24) is 10.3 Å². The number of ether oxygens (including phenoxy) is 2. The first-order valence-corrected chi connectivity index (χ1v) is 11.3. The Hall–Kier alpha value is -3.08. The van der Waals surface area contributed by atoms with E-state index in [-0.39, 0.29) is 35.0 Å². The molecule has 0 atom stereocenters. The molecule has 1 aromatic carbocycles. The molecule has 2 bridgehead atoms. The van der Waals surface area contributed by atoms with Crippen LogP contribution in [0, 0.1) is 11.2 Å². The molecule has 12 heteroatoms. The highest BCUT2D eigenvalue weighted by molar-refractivity contribution is 6.30. The highest BCUT2D eigenvalue weighted by Crippen LogP contribution is 2.52. The smallest absolute Gasteiger partial charge is 0.484 e. The van der Waals surface area contributed by atoms with Gasteiger partial charge in [0.15, 0.2) is 6.61 Å². The first kappa shape index (κ1) is 25.0. The quantitative estimate of drug-likeness (QED) is 0.507. The summed E-state index contributed by atoms with van der Waals surface area (Å²) in [5, 5.41) is 5.66. The fraction of sp³-hybridized carbons (Fsp3) is 0.435. The number of benzene rings is 1. The van der Waals surface area contributed by atoms with Crippen LogP contribution in [-0.2, 0) is 9.59 Å². The van der Waals surface area contributed by atoms with Crippen molar-refractivity contribution in [2.45, 2.75) is 50.4 Å². The van der Waals surface area contributed by atoms with E-state index in [0.717, 1.165) is 18.3 Å². The highest BCUT2D eigenvalue weighted by atomic mass is 35.5. The number of alkyl halides is 3. The molecule has 2 N–H and O–H groups in total. The molecule has 0 saturated heterocycles. The van der Waals surface area contributed by atoms with E-state index < -0.39 is 28.9 Å². The Balaban J connectivity index is 1.28. The predicted octanol–water partition coefficient (Wildman–Crippen LogP) is 5.00. The van der Waals surface area contributed by atoms with Gasteiger partial charge in [-0.25, -0.2) is 9.37 Å². The molecule has 1 heterocycles. The minimum absolute atomic E-state index is 0.0408. The summed E-state index contributed by atoms with van der Waals surface area (Å²) in [4.78, 5) is 29.3. The Morgan fingerprint density at radius 3 is 2.26 bits per heavy atom. The number of carbonyl (C=O) groups is 2. The summed E-state index contributed by atoms with van der Waals surface area (Å²) in [6.45, 7) is -0.284. The molecule has 3 aliphatic rings. The topological polar surface area (TPSA) is 89.5 Å². The zero-order chi connectivity index (χ0) is 25.3. The van der Waals surface area contributed by atoms with E-state index in [1.54, 1.807) is 0 Å². The van der Waals surface area contributed by atoms with Crippen LogP contribution in [0.15, 0.2) is 36.5 Å². The number of rotatable bonds is 7. The summed E-state index contributed by atoms with van der Waals surface area (Å²) in [6.07, 6.45) is -0.539. The van der Waals surface area contributed by atoms with Crippen molar-refractivity contribution in [2.24, 2.45) is 5.41 Å². The monoisotopic (exact) mass is 515 g/mol. The second kappa shape index (κ2) is 9.52. The van der Waals surface area contributed by atoms with Crippen molar-refractivity contribution in [3.8, 4) is 11.5 Å². The van der Waals surface area contributed by atoms with Gasteiger partial charge in [0, 0.05) is 17.0 Å². The molecule has 3 fully saturated rings. The van der Waals surface area contributed by atoms with Crippen LogP contribution in [-0.4, -0.2) is 35.3 Å². The number of nitrogens with one attached hydrogen (secondary N) is 2. The summed E-state index contributed by atoms with van der Waals surface area (Å²) in [5.74, 6) is -1.39. The maximum Gasteiger partial charge on any atom is 0.573 e. The second-order valence-corrected chi connectivity index (χ2v) is 9.26. The number of hydrogen-bond donors (Lipinski definition) is 2. The van der Waals surface area contributed by atoms with Gasteiger partial charge in [0.1, 0.15) is 23.1 Å². The minimum Gasteiger partial charge on any atom is -0.484 e. The molecule has 0 unspecified atom stereocenters. The first-order valence-electron chi connectivity index (χ1n) is 10.9. The number of fused-ring (bicyclic) bond motifs is 3. The van der Waals surface area contributed by atoms with Crippen molar-refractivity contribution in [1.29, 1.82) is 0 Å². The van der Waals surface area contributed by atoms with Gasteiger partial charge in [-0.05, 0) is 62.8 Å². The summed E-state index contributed by atoms with van der Waals surface area (Å²) in [7, 11) is 0. The molecule has 5 rings (SSSR count). The molecule has 188 valence electrons. The van der Waals surface area contributed by atoms with Crippen LogP contribution in [0.25, 0.3) is 0 Å². The molecule has 35 heavy (non-hydrogen) atoms. The van der Waals surface area contributed by atoms with E-state index in [2.05, 4.69) is 20.4 Å². The van der Waals surface area contributed by atoms with Gasteiger partial charge in [-0.3, -0.25) is 9.59 Å². The average Bonchev–Trinajstić information content (AvgIpc) is 2.81. The lowest BCUT2D eigenvalue weighted by molar-refractivity contribution is -0.274.